The van der Waals surface area contributed by atoms with Gasteiger partial charge in [0, 0.05) is 12.1 Å². The van der Waals surface area contributed by atoms with E-state index >= 15 is 0 Å². The smallest absolute Gasteiger partial charge is 0.264 e. The third kappa shape index (κ3) is 6.41. The van der Waals surface area contributed by atoms with Gasteiger partial charge in [0.1, 0.15) is 6.54 Å². The van der Waals surface area contributed by atoms with Crippen LogP contribution in [0.15, 0.2) is 41.3 Å². The molecule has 1 N–H and O–H groups in total. The van der Waals surface area contributed by atoms with Gasteiger partial charge >= 0.3 is 0 Å². The third-order valence-electron chi connectivity index (χ3n) is 5.49. The largest absolute Gasteiger partial charge is 0.493 e. The summed E-state index contributed by atoms with van der Waals surface area (Å²) in [6, 6.07) is 9.82. The Morgan fingerprint density at radius 2 is 1.45 bits per heavy atom. The van der Waals surface area contributed by atoms with E-state index in [0.717, 1.165) is 15.4 Å². The molecule has 33 heavy (non-hydrogen) atoms. The van der Waals surface area contributed by atoms with Crippen molar-refractivity contribution in [2.45, 2.75) is 52.5 Å². The van der Waals surface area contributed by atoms with Crippen LogP contribution < -0.4 is 19.1 Å². The molecular formula is C25H36N2O5S. The Bertz CT molecular complexity index is 1050. The molecule has 0 aliphatic rings. The molecule has 7 nitrogen and oxygen atoms in total. The first-order valence-corrected chi connectivity index (χ1v) is 12.5. The molecule has 8 heteroatoms. The van der Waals surface area contributed by atoms with Crippen molar-refractivity contribution in [2.24, 2.45) is 11.8 Å². The van der Waals surface area contributed by atoms with Crippen LogP contribution in [0.2, 0.25) is 0 Å². The zero-order valence-corrected chi connectivity index (χ0v) is 21.6. The predicted octanol–water partition coefficient (Wildman–Crippen LogP) is 4.31. The Balaban J connectivity index is 2.54. The standard InChI is InChI=1S/C25H36N2O5S/c1-16(2)25(17(3)4)26-24(28)15-27(20-12-18(5)11-19(6)13-20)33(29,30)21-9-10-22(31-7)23(14-21)32-8/h9-14,16-17,25H,15H2,1-8H3,(H,26,28). The molecule has 0 aromatic heterocycles. The second kappa shape index (κ2) is 10.9. The fourth-order valence-electron chi connectivity index (χ4n) is 3.98. The molecule has 2 rings (SSSR count). The number of amides is 1. The van der Waals surface area contributed by atoms with E-state index in [1.54, 1.807) is 18.2 Å². The Hall–Kier alpha value is -2.74. The van der Waals surface area contributed by atoms with Crippen molar-refractivity contribution >= 4 is 21.6 Å². The van der Waals surface area contributed by atoms with Gasteiger partial charge in [0.15, 0.2) is 11.5 Å². The number of methoxy groups -OCH3 is 2. The van der Waals surface area contributed by atoms with E-state index < -0.39 is 10.0 Å². The van der Waals surface area contributed by atoms with Gasteiger partial charge in [-0.25, -0.2) is 8.42 Å². The van der Waals surface area contributed by atoms with E-state index in [1.807, 2.05) is 47.6 Å². The number of hydrogen-bond donors (Lipinski definition) is 1. The molecule has 0 saturated heterocycles. The average molecular weight is 477 g/mol. The summed E-state index contributed by atoms with van der Waals surface area (Å²) in [7, 11) is -1.15. The Morgan fingerprint density at radius 1 is 0.909 bits per heavy atom. The van der Waals surface area contributed by atoms with Crippen LogP contribution in [0, 0.1) is 25.7 Å². The van der Waals surface area contributed by atoms with Crippen molar-refractivity contribution in [3.05, 3.63) is 47.5 Å². The van der Waals surface area contributed by atoms with E-state index in [9.17, 15) is 13.2 Å². The lowest BCUT2D eigenvalue weighted by Crippen LogP contribution is -2.47. The minimum atomic E-state index is -4.08. The van der Waals surface area contributed by atoms with Gasteiger partial charge in [-0.2, -0.15) is 0 Å². The number of carbonyl (C=O) groups is 1. The summed E-state index contributed by atoms with van der Waals surface area (Å²) in [5, 5.41) is 3.02. The average Bonchev–Trinajstić information content (AvgIpc) is 2.73. The minimum absolute atomic E-state index is 0.0105. The van der Waals surface area contributed by atoms with Gasteiger partial charge < -0.3 is 14.8 Å². The van der Waals surface area contributed by atoms with Gasteiger partial charge in [0.2, 0.25) is 5.91 Å². The molecule has 0 atom stereocenters. The van der Waals surface area contributed by atoms with Crippen molar-refractivity contribution in [1.29, 1.82) is 0 Å². The Morgan fingerprint density at radius 3 is 1.94 bits per heavy atom. The molecule has 0 spiro atoms. The molecule has 2 aromatic carbocycles. The first kappa shape index (κ1) is 26.5. The summed E-state index contributed by atoms with van der Waals surface area (Å²) < 4.78 is 39.2. The minimum Gasteiger partial charge on any atom is -0.493 e. The fourth-order valence-corrected chi connectivity index (χ4v) is 5.40. The molecule has 0 radical (unpaired) electrons. The van der Waals surface area contributed by atoms with Crippen LogP contribution in [0.3, 0.4) is 0 Å². The van der Waals surface area contributed by atoms with Crippen LogP contribution in [0.1, 0.15) is 38.8 Å². The van der Waals surface area contributed by atoms with Gasteiger partial charge in [-0.15, -0.1) is 0 Å². The molecule has 0 fully saturated rings. The van der Waals surface area contributed by atoms with Gasteiger partial charge in [-0.1, -0.05) is 33.8 Å². The Labute approximate surface area is 198 Å². The number of hydrogen-bond acceptors (Lipinski definition) is 5. The normalized spacial score (nSPS) is 11.7. The van der Waals surface area contributed by atoms with E-state index in [0.29, 0.717) is 17.2 Å². The molecule has 182 valence electrons. The predicted molar refractivity (Wildman–Crippen MR) is 132 cm³/mol. The summed E-state index contributed by atoms with van der Waals surface area (Å²) in [5.41, 5.74) is 2.24. The first-order valence-electron chi connectivity index (χ1n) is 11.0. The van der Waals surface area contributed by atoms with Crippen LogP contribution >= 0.6 is 0 Å². The zero-order chi connectivity index (χ0) is 24.9. The number of sulfonamides is 1. The molecule has 0 aliphatic carbocycles. The number of aryl methyl sites for hydroxylation is 2. The highest BCUT2D eigenvalue weighted by atomic mass is 32.2. The number of ether oxygens (including phenoxy) is 2. The molecule has 0 heterocycles. The van der Waals surface area contributed by atoms with Gasteiger partial charge in [-0.3, -0.25) is 9.10 Å². The maximum Gasteiger partial charge on any atom is 0.264 e. The fraction of sp³-hybridized carbons (Fsp3) is 0.480. The van der Waals surface area contributed by atoms with Crippen LogP contribution in [0.4, 0.5) is 5.69 Å². The van der Waals surface area contributed by atoms with Crippen molar-refractivity contribution in [3.8, 4) is 11.5 Å². The summed E-state index contributed by atoms with van der Waals surface area (Å²) in [4.78, 5) is 13.1. The summed E-state index contributed by atoms with van der Waals surface area (Å²) in [5.74, 6) is 0.787. The number of nitrogens with zero attached hydrogens (tertiary/aromatic N) is 1. The molecule has 0 aliphatic heterocycles. The van der Waals surface area contributed by atoms with Crippen molar-refractivity contribution in [3.63, 3.8) is 0 Å². The second-order valence-corrected chi connectivity index (χ2v) is 10.8. The maximum absolute atomic E-state index is 13.8. The number of nitrogens with one attached hydrogen (secondary N) is 1. The molecular weight excluding hydrogens is 440 g/mol. The van der Waals surface area contributed by atoms with E-state index in [-0.39, 0.29) is 35.2 Å². The SMILES string of the molecule is COc1ccc(S(=O)(=O)N(CC(=O)NC(C(C)C)C(C)C)c2cc(C)cc(C)c2)cc1OC. The van der Waals surface area contributed by atoms with Crippen LogP contribution in [-0.2, 0) is 14.8 Å². The van der Waals surface area contributed by atoms with Gasteiger partial charge in [-0.05, 0) is 61.1 Å². The van der Waals surface area contributed by atoms with Crippen molar-refractivity contribution < 1.29 is 22.7 Å². The first-order chi connectivity index (χ1) is 15.4. The Kier molecular flexibility index (Phi) is 8.77. The van der Waals surface area contributed by atoms with E-state index in [4.69, 9.17) is 9.47 Å². The van der Waals surface area contributed by atoms with Crippen molar-refractivity contribution in [1.82, 2.24) is 5.32 Å². The highest BCUT2D eigenvalue weighted by Crippen LogP contribution is 2.32. The van der Waals surface area contributed by atoms with Crippen LogP contribution in [0.5, 0.6) is 11.5 Å². The number of anilines is 1. The topological polar surface area (TPSA) is 84.9 Å². The summed E-state index contributed by atoms with van der Waals surface area (Å²) >= 11 is 0. The third-order valence-corrected chi connectivity index (χ3v) is 7.26. The maximum atomic E-state index is 13.8. The summed E-state index contributed by atoms with van der Waals surface area (Å²) in [6.45, 7) is 11.6. The van der Waals surface area contributed by atoms with E-state index in [2.05, 4.69) is 5.32 Å². The second-order valence-electron chi connectivity index (χ2n) is 8.96. The van der Waals surface area contributed by atoms with Gasteiger partial charge in [0.05, 0.1) is 24.8 Å². The molecule has 0 saturated carbocycles. The number of carbonyl (C=O) groups excluding carboxylic acids is 1. The lowest BCUT2D eigenvalue weighted by molar-refractivity contribution is -0.121. The van der Waals surface area contributed by atoms with E-state index in [1.165, 1.54) is 26.4 Å². The lowest BCUT2D eigenvalue weighted by atomic mass is 9.93. The highest BCUT2D eigenvalue weighted by Gasteiger charge is 2.30. The number of benzene rings is 2. The molecule has 1 amide bonds. The zero-order valence-electron chi connectivity index (χ0n) is 20.8. The quantitative estimate of drug-likeness (QED) is 0.552. The number of rotatable bonds is 10. The molecule has 0 unspecified atom stereocenters. The van der Waals surface area contributed by atoms with Crippen LogP contribution in [0.25, 0.3) is 0 Å². The summed E-state index contributed by atoms with van der Waals surface area (Å²) in [6.07, 6.45) is 0. The van der Waals surface area contributed by atoms with Crippen molar-refractivity contribution in [2.75, 3.05) is 25.1 Å². The highest BCUT2D eigenvalue weighted by molar-refractivity contribution is 7.92. The molecule has 0 bridgehead atoms. The monoisotopic (exact) mass is 476 g/mol. The lowest BCUT2D eigenvalue weighted by Gasteiger charge is -2.29. The van der Waals surface area contributed by atoms with Crippen LogP contribution in [-0.4, -0.2) is 41.1 Å². The molecule has 2 aromatic rings. The van der Waals surface area contributed by atoms with Gasteiger partial charge in [0.25, 0.3) is 10.0 Å².